The molecule has 0 saturated heterocycles. The van der Waals surface area contributed by atoms with Crippen molar-refractivity contribution < 1.29 is 26.3 Å². The molecule has 0 aliphatic rings. The van der Waals surface area contributed by atoms with Gasteiger partial charge >= 0.3 is 12.4 Å². The number of pyridine rings is 2. The van der Waals surface area contributed by atoms with Crippen LogP contribution in [0.3, 0.4) is 0 Å². The van der Waals surface area contributed by atoms with Crippen molar-refractivity contribution in [3.05, 3.63) is 65.0 Å². The van der Waals surface area contributed by atoms with Gasteiger partial charge in [0.2, 0.25) is 0 Å². The normalized spacial score (nSPS) is 11.0. The third-order valence-electron chi connectivity index (χ3n) is 3.54. The molecule has 2 aromatic rings. The van der Waals surface area contributed by atoms with Crippen molar-refractivity contribution in [2.75, 3.05) is 0 Å². The lowest BCUT2D eigenvalue weighted by molar-refractivity contribution is -0.144. The summed E-state index contributed by atoms with van der Waals surface area (Å²) in [5.74, 6) is 0. The van der Waals surface area contributed by atoms with Gasteiger partial charge in [0.15, 0.2) is 0 Å². The third-order valence-corrected chi connectivity index (χ3v) is 4.85. The van der Waals surface area contributed by atoms with Gasteiger partial charge in [0.1, 0.15) is 11.4 Å². The summed E-state index contributed by atoms with van der Waals surface area (Å²) in [4.78, 5) is 22.3. The van der Waals surface area contributed by atoms with Crippen LogP contribution in [0.5, 0.6) is 0 Å². The lowest BCUT2D eigenvalue weighted by atomic mass is 10.2. The molecule has 0 aliphatic carbocycles. The van der Waals surface area contributed by atoms with E-state index < -0.39 is 34.9 Å². The Balaban J connectivity index is 0. The third kappa shape index (κ3) is 7.19. The summed E-state index contributed by atoms with van der Waals surface area (Å²) >= 11 is 1.74. The summed E-state index contributed by atoms with van der Waals surface area (Å²) in [6, 6.07) is 3.08. The van der Waals surface area contributed by atoms with Crippen LogP contribution in [0.1, 0.15) is 37.4 Å². The quantitative estimate of drug-likeness (QED) is 0.337. The van der Waals surface area contributed by atoms with Crippen LogP contribution in [-0.2, 0) is 26.4 Å². The average molecular weight is 540 g/mol. The lowest BCUT2D eigenvalue weighted by Crippen LogP contribution is -2.28. The lowest BCUT2D eigenvalue weighted by Gasteiger charge is -2.13. The van der Waals surface area contributed by atoms with Gasteiger partial charge in [-0.25, -0.2) is 0 Å². The molecule has 0 aromatic carbocycles. The van der Waals surface area contributed by atoms with E-state index >= 15 is 0 Å². The van der Waals surface area contributed by atoms with Crippen LogP contribution in [0, 0.1) is 17.4 Å². The first-order valence-corrected chi connectivity index (χ1v) is 8.33. The Morgan fingerprint density at radius 1 is 0.793 bits per heavy atom. The summed E-state index contributed by atoms with van der Waals surface area (Å²) in [6.07, 6.45) is -8.96. The molecule has 0 bridgehead atoms. The minimum Gasteiger partial charge on any atom is -0.308 e. The Morgan fingerprint density at radius 3 is 1.62 bits per heavy atom. The zero-order valence-corrected chi connectivity index (χ0v) is 16.7. The summed E-state index contributed by atoms with van der Waals surface area (Å²) < 4.78 is 75.4. The first kappa shape index (κ1) is 29.4. The largest absolute Gasteiger partial charge is 0.431 e. The maximum atomic E-state index is 12.4. The molecule has 0 atom stereocenters. The topological polar surface area (TPSA) is 44.0 Å². The second-order valence-corrected chi connectivity index (χ2v) is 6.78. The smallest absolute Gasteiger partial charge is 0.308 e. The second-order valence-electron chi connectivity index (χ2n) is 5.70. The van der Waals surface area contributed by atoms with Crippen molar-refractivity contribution in [1.82, 2.24) is 9.13 Å². The molecule has 0 fully saturated rings. The van der Waals surface area contributed by atoms with E-state index in [9.17, 15) is 35.9 Å². The molecule has 0 N–H and O–H groups in total. The molecule has 29 heavy (non-hydrogen) atoms. The van der Waals surface area contributed by atoms with Crippen molar-refractivity contribution in [3.63, 3.8) is 0 Å². The SMILES string of the molecule is C.C.Cc1cc(C(F)(F)F)n(C)c(=O)c1.Cc1cc(C(F)(F)F)n(C)c(=O)c1I. The highest BCUT2D eigenvalue weighted by atomic mass is 127. The fourth-order valence-corrected chi connectivity index (χ4v) is 2.62. The molecular weight excluding hydrogens is 517 g/mol. The summed E-state index contributed by atoms with van der Waals surface area (Å²) in [5.41, 5.74) is -2.43. The highest BCUT2D eigenvalue weighted by Gasteiger charge is 2.34. The standard InChI is InChI=1S/C8H7F3INO.C8H8F3NO.2CH4/c1-4-3-5(8(9,10)11)13(2)7(14)6(4)12;1-5-3-6(8(9,10)11)12(2)7(13)4-5;;/h3H,1-2H3;3-4H,1-2H3;2*1H4. The molecule has 0 amide bonds. The molecule has 166 valence electrons. The monoisotopic (exact) mass is 540 g/mol. The Labute approximate surface area is 178 Å². The van der Waals surface area contributed by atoms with Crippen LogP contribution in [0.2, 0.25) is 0 Å². The molecular formula is C18H23F6IN2O2. The Morgan fingerprint density at radius 2 is 1.21 bits per heavy atom. The van der Waals surface area contributed by atoms with Gasteiger partial charge in [-0.2, -0.15) is 26.3 Å². The number of nitrogens with zero attached hydrogens (tertiary/aromatic N) is 2. The number of alkyl halides is 6. The molecule has 0 aliphatic heterocycles. The van der Waals surface area contributed by atoms with Crippen molar-refractivity contribution in [2.24, 2.45) is 14.1 Å². The van der Waals surface area contributed by atoms with Crippen molar-refractivity contribution in [2.45, 2.75) is 41.1 Å². The predicted octanol–water partition coefficient (Wildman–Crippen LogP) is 5.30. The summed E-state index contributed by atoms with van der Waals surface area (Å²) in [5, 5.41) is 0. The van der Waals surface area contributed by atoms with Crippen LogP contribution in [-0.4, -0.2) is 9.13 Å². The van der Waals surface area contributed by atoms with E-state index in [0.717, 1.165) is 32.3 Å². The van der Waals surface area contributed by atoms with E-state index in [1.54, 1.807) is 22.6 Å². The highest BCUT2D eigenvalue weighted by molar-refractivity contribution is 14.1. The number of rotatable bonds is 0. The average Bonchev–Trinajstić information content (AvgIpc) is 2.50. The summed E-state index contributed by atoms with van der Waals surface area (Å²) in [6.45, 7) is 2.94. The highest BCUT2D eigenvalue weighted by Crippen LogP contribution is 2.29. The van der Waals surface area contributed by atoms with Crippen LogP contribution in [0.15, 0.2) is 27.8 Å². The minimum atomic E-state index is -4.48. The van der Waals surface area contributed by atoms with Crippen LogP contribution < -0.4 is 11.1 Å². The van der Waals surface area contributed by atoms with E-state index in [1.165, 1.54) is 13.8 Å². The number of halogens is 7. The van der Waals surface area contributed by atoms with E-state index in [0.29, 0.717) is 23.8 Å². The van der Waals surface area contributed by atoms with E-state index in [2.05, 4.69) is 0 Å². The van der Waals surface area contributed by atoms with E-state index in [-0.39, 0.29) is 14.9 Å². The molecule has 11 heteroatoms. The maximum absolute atomic E-state index is 12.4. The zero-order chi connectivity index (χ0) is 21.3. The van der Waals surface area contributed by atoms with Crippen LogP contribution in [0.25, 0.3) is 0 Å². The number of aromatic nitrogens is 2. The number of aryl methyl sites for hydroxylation is 2. The summed E-state index contributed by atoms with van der Waals surface area (Å²) in [7, 11) is 2.22. The Bertz CT molecular complexity index is 959. The molecule has 0 spiro atoms. The first-order chi connectivity index (χ1) is 12.1. The molecule has 0 unspecified atom stereocenters. The minimum absolute atomic E-state index is 0. The number of hydrogen-bond donors (Lipinski definition) is 0. The molecule has 4 nitrogen and oxygen atoms in total. The Kier molecular flexibility index (Phi) is 10.4. The van der Waals surface area contributed by atoms with Crippen molar-refractivity contribution in [3.8, 4) is 0 Å². The Hall–Kier alpha value is -1.79. The van der Waals surface area contributed by atoms with Gasteiger partial charge in [0.05, 0.1) is 3.57 Å². The number of hydrogen-bond acceptors (Lipinski definition) is 2. The fourth-order valence-electron chi connectivity index (χ4n) is 2.10. The van der Waals surface area contributed by atoms with Crippen LogP contribution >= 0.6 is 22.6 Å². The van der Waals surface area contributed by atoms with Crippen molar-refractivity contribution >= 4 is 22.6 Å². The van der Waals surface area contributed by atoms with Gasteiger partial charge in [-0.3, -0.25) is 9.59 Å². The second kappa shape index (κ2) is 10.3. The first-order valence-electron chi connectivity index (χ1n) is 7.25. The van der Waals surface area contributed by atoms with Gasteiger partial charge in [0, 0.05) is 20.2 Å². The molecule has 2 aromatic heterocycles. The van der Waals surface area contributed by atoms with Gasteiger partial charge in [-0.15, -0.1) is 0 Å². The van der Waals surface area contributed by atoms with Gasteiger partial charge in [-0.1, -0.05) is 14.9 Å². The van der Waals surface area contributed by atoms with Gasteiger partial charge in [0.25, 0.3) is 11.1 Å². The van der Waals surface area contributed by atoms with E-state index in [1.807, 2.05) is 0 Å². The fraction of sp³-hybridized carbons (Fsp3) is 0.444. The maximum Gasteiger partial charge on any atom is 0.431 e. The zero-order valence-electron chi connectivity index (χ0n) is 14.6. The molecule has 0 radical (unpaired) electrons. The van der Waals surface area contributed by atoms with Crippen molar-refractivity contribution in [1.29, 1.82) is 0 Å². The van der Waals surface area contributed by atoms with E-state index in [4.69, 9.17) is 0 Å². The van der Waals surface area contributed by atoms with Crippen LogP contribution in [0.4, 0.5) is 26.3 Å². The van der Waals surface area contributed by atoms with Gasteiger partial charge in [-0.05, 0) is 59.7 Å². The molecule has 2 rings (SSSR count). The molecule has 2 heterocycles. The predicted molar refractivity (Wildman–Crippen MR) is 109 cm³/mol. The molecule has 0 saturated carbocycles. The van der Waals surface area contributed by atoms with Gasteiger partial charge < -0.3 is 9.13 Å².